The lowest BCUT2D eigenvalue weighted by atomic mass is 9.76. The van der Waals surface area contributed by atoms with Gasteiger partial charge in [-0.1, -0.05) is 39.5 Å². The van der Waals surface area contributed by atoms with Crippen LogP contribution in [-0.2, 0) is 4.79 Å². The average Bonchev–Trinajstić information content (AvgIpc) is 2.37. The van der Waals surface area contributed by atoms with Crippen LogP contribution in [0.5, 0.6) is 0 Å². The summed E-state index contributed by atoms with van der Waals surface area (Å²) in [4.78, 5) is 12.5. The van der Waals surface area contributed by atoms with Crippen molar-refractivity contribution in [3.8, 4) is 0 Å². The predicted octanol–water partition coefficient (Wildman–Crippen LogP) is 5.14. The van der Waals surface area contributed by atoms with Crippen molar-refractivity contribution in [3.05, 3.63) is 0 Å². The van der Waals surface area contributed by atoms with E-state index in [1.165, 1.54) is 25.7 Å². The molecule has 2 saturated carbocycles. The maximum absolute atomic E-state index is 12.5. The first-order valence-corrected chi connectivity index (χ1v) is 9.05. The van der Waals surface area contributed by atoms with Crippen molar-refractivity contribution in [2.75, 3.05) is 0 Å². The van der Waals surface area contributed by atoms with E-state index >= 15 is 0 Å². The van der Waals surface area contributed by atoms with Gasteiger partial charge in [-0.3, -0.25) is 4.79 Å². The van der Waals surface area contributed by atoms with Gasteiger partial charge in [0.15, 0.2) is 5.12 Å². The summed E-state index contributed by atoms with van der Waals surface area (Å²) in [6.45, 7) is 9.37. The van der Waals surface area contributed by atoms with Crippen LogP contribution >= 0.6 is 11.8 Å². The van der Waals surface area contributed by atoms with E-state index in [2.05, 4.69) is 27.7 Å². The van der Waals surface area contributed by atoms with Crippen molar-refractivity contribution >= 4 is 16.9 Å². The third kappa shape index (κ3) is 4.00. The Morgan fingerprint density at radius 1 is 0.789 bits per heavy atom. The fourth-order valence-corrected chi connectivity index (χ4v) is 5.02. The van der Waals surface area contributed by atoms with Crippen molar-refractivity contribution < 1.29 is 4.79 Å². The van der Waals surface area contributed by atoms with Gasteiger partial charge in [-0.2, -0.15) is 0 Å². The first kappa shape index (κ1) is 15.4. The standard InChI is InChI=1S/C17H30OS/c1-11-5-7-15(9-13(11)3)17(18)19-16-8-6-12(2)14(4)10-16/h11-16H,5-10H2,1-4H3. The molecule has 6 unspecified atom stereocenters. The Kier molecular flexibility index (Phi) is 5.39. The monoisotopic (exact) mass is 282 g/mol. The molecule has 0 aromatic heterocycles. The highest BCUT2D eigenvalue weighted by molar-refractivity contribution is 8.14. The number of hydrogen-bond donors (Lipinski definition) is 0. The predicted molar refractivity (Wildman–Crippen MR) is 84.2 cm³/mol. The number of thioether (sulfide) groups is 1. The lowest BCUT2D eigenvalue weighted by Crippen LogP contribution is -2.28. The highest BCUT2D eigenvalue weighted by Gasteiger charge is 2.32. The van der Waals surface area contributed by atoms with Gasteiger partial charge in [0.1, 0.15) is 0 Å². The molecule has 0 saturated heterocycles. The lowest BCUT2D eigenvalue weighted by Gasteiger charge is -2.34. The van der Waals surface area contributed by atoms with Crippen LogP contribution in [0.15, 0.2) is 0 Å². The summed E-state index contributed by atoms with van der Waals surface area (Å²) in [6.07, 6.45) is 7.32. The van der Waals surface area contributed by atoms with Crippen LogP contribution in [0.3, 0.4) is 0 Å². The van der Waals surface area contributed by atoms with Crippen molar-refractivity contribution in [3.63, 3.8) is 0 Å². The largest absolute Gasteiger partial charge is 0.287 e. The lowest BCUT2D eigenvalue weighted by molar-refractivity contribution is -0.116. The molecule has 2 rings (SSSR count). The fourth-order valence-electron chi connectivity index (χ4n) is 3.63. The van der Waals surface area contributed by atoms with Crippen molar-refractivity contribution in [2.24, 2.45) is 29.6 Å². The van der Waals surface area contributed by atoms with E-state index in [1.54, 1.807) is 11.8 Å². The second-order valence-corrected chi connectivity index (χ2v) is 8.60. The molecule has 19 heavy (non-hydrogen) atoms. The van der Waals surface area contributed by atoms with Gasteiger partial charge in [-0.15, -0.1) is 0 Å². The molecule has 0 amide bonds. The van der Waals surface area contributed by atoms with Crippen molar-refractivity contribution in [1.82, 2.24) is 0 Å². The van der Waals surface area contributed by atoms with E-state index in [9.17, 15) is 4.79 Å². The number of carbonyl (C=O) groups excluding carboxylic acids is 1. The zero-order chi connectivity index (χ0) is 14.0. The van der Waals surface area contributed by atoms with Crippen LogP contribution in [0, 0.1) is 29.6 Å². The van der Waals surface area contributed by atoms with Gasteiger partial charge in [0.2, 0.25) is 0 Å². The second kappa shape index (κ2) is 6.65. The summed E-state index contributed by atoms with van der Waals surface area (Å²) < 4.78 is 0. The molecule has 0 radical (unpaired) electrons. The van der Waals surface area contributed by atoms with E-state index in [-0.39, 0.29) is 0 Å². The zero-order valence-corrected chi connectivity index (χ0v) is 13.8. The van der Waals surface area contributed by atoms with E-state index in [4.69, 9.17) is 0 Å². The Hall–Kier alpha value is 0.0200. The SMILES string of the molecule is CC1CCC(SC(=O)C2CCC(C)C(C)C2)CC1C. The molecule has 0 heterocycles. The number of carbonyl (C=O) groups is 1. The summed E-state index contributed by atoms with van der Waals surface area (Å²) in [5.41, 5.74) is 0. The minimum atomic E-state index is 0.353. The quantitative estimate of drug-likeness (QED) is 0.697. The Morgan fingerprint density at radius 3 is 1.95 bits per heavy atom. The summed E-state index contributed by atoms with van der Waals surface area (Å²) in [7, 11) is 0. The molecular weight excluding hydrogens is 252 g/mol. The second-order valence-electron chi connectivity index (χ2n) is 7.29. The first-order chi connectivity index (χ1) is 8.97. The van der Waals surface area contributed by atoms with Crippen LogP contribution in [-0.4, -0.2) is 10.4 Å². The van der Waals surface area contributed by atoms with Crippen LogP contribution in [0.2, 0.25) is 0 Å². The Balaban J connectivity index is 1.81. The highest BCUT2D eigenvalue weighted by Crippen LogP contribution is 2.40. The average molecular weight is 282 g/mol. The summed E-state index contributed by atoms with van der Waals surface area (Å²) >= 11 is 1.70. The van der Waals surface area contributed by atoms with Gasteiger partial charge in [0.05, 0.1) is 0 Å². The highest BCUT2D eigenvalue weighted by atomic mass is 32.2. The molecule has 2 aliphatic carbocycles. The minimum absolute atomic E-state index is 0.353. The molecule has 0 N–H and O–H groups in total. The third-order valence-corrected chi connectivity index (χ3v) is 7.09. The van der Waals surface area contributed by atoms with Crippen molar-refractivity contribution in [2.45, 2.75) is 71.5 Å². The number of hydrogen-bond acceptors (Lipinski definition) is 2. The molecule has 2 fully saturated rings. The Labute approximate surface area is 123 Å². The van der Waals surface area contributed by atoms with E-state index < -0.39 is 0 Å². The number of rotatable bonds is 2. The van der Waals surface area contributed by atoms with Gasteiger partial charge in [0, 0.05) is 11.2 Å². The van der Waals surface area contributed by atoms with E-state index in [0.717, 1.165) is 36.5 Å². The first-order valence-electron chi connectivity index (χ1n) is 8.17. The smallest absolute Gasteiger partial charge is 0.192 e. The molecule has 110 valence electrons. The maximum atomic E-state index is 12.5. The molecule has 0 bridgehead atoms. The van der Waals surface area contributed by atoms with Crippen LogP contribution in [0.4, 0.5) is 0 Å². The minimum Gasteiger partial charge on any atom is -0.287 e. The third-order valence-electron chi connectivity index (χ3n) is 5.76. The molecule has 6 atom stereocenters. The molecule has 0 aliphatic heterocycles. The zero-order valence-electron chi connectivity index (χ0n) is 13.0. The topological polar surface area (TPSA) is 17.1 Å². The summed E-state index contributed by atoms with van der Waals surface area (Å²) in [6, 6.07) is 0. The molecule has 0 spiro atoms. The van der Waals surface area contributed by atoms with Gasteiger partial charge in [-0.25, -0.2) is 0 Å². The van der Waals surface area contributed by atoms with E-state index in [1.807, 2.05) is 0 Å². The summed E-state index contributed by atoms with van der Waals surface area (Å²) in [5, 5.41) is 1.11. The van der Waals surface area contributed by atoms with Crippen LogP contribution in [0.1, 0.15) is 66.2 Å². The van der Waals surface area contributed by atoms with Crippen LogP contribution in [0.25, 0.3) is 0 Å². The molecule has 0 aromatic rings. The fraction of sp³-hybridized carbons (Fsp3) is 0.941. The van der Waals surface area contributed by atoms with Gasteiger partial charge < -0.3 is 0 Å². The molecule has 1 nitrogen and oxygen atoms in total. The molecule has 0 aromatic carbocycles. The summed E-state index contributed by atoms with van der Waals surface area (Å²) in [5.74, 6) is 3.54. The van der Waals surface area contributed by atoms with Crippen molar-refractivity contribution in [1.29, 1.82) is 0 Å². The maximum Gasteiger partial charge on any atom is 0.192 e. The Bertz CT molecular complexity index is 314. The molecular formula is C17H30OS. The molecule has 2 heteroatoms. The van der Waals surface area contributed by atoms with E-state index in [0.29, 0.717) is 16.3 Å². The van der Waals surface area contributed by atoms with Gasteiger partial charge in [0.25, 0.3) is 0 Å². The van der Waals surface area contributed by atoms with Gasteiger partial charge >= 0.3 is 0 Å². The normalized spacial score (nSPS) is 44.0. The molecule has 2 aliphatic rings. The van der Waals surface area contributed by atoms with Gasteiger partial charge in [-0.05, 0) is 62.2 Å². The van der Waals surface area contributed by atoms with Crippen LogP contribution < -0.4 is 0 Å². The Morgan fingerprint density at radius 2 is 1.37 bits per heavy atom.